The van der Waals surface area contributed by atoms with Crippen molar-refractivity contribution in [1.82, 2.24) is 21.5 Å². The Labute approximate surface area is 862 Å². The van der Waals surface area contributed by atoms with Crippen molar-refractivity contribution in [3.8, 4) is 23.0 Å². The predicted octanol–water partition coefficient (Wildman–Crippen LogP) is 20.6. The lowest BCUT2D eigenvalue weighted by atomic mass is 9.87. The lowest BCUT2D eigenvalue weighted by Crippen LogP contribution is -2.36. The topological polar surface area (TPSA) is 421 Å². The summed E-state index contributed by atoms with van der Waals surface area (Å²) in [5.74, 6) is -3.26. The minimum Gasteiger partial charge on any atom is -0.508 e. The fourth-order valence-electron chi connectivity index (χ4n) is 16.1. The zero-order valence-electron chi connectivity index (χ0n) is 81.4. The number of para-hydroxylation sites is 1. The largest absolute Gasteiger partial charge is 0.508 e. The molecular weight excluding hydrogens is 1980 g/mol. The second kappa shape index (κ2) is 51.9. The lowest BCUT2D eigenvalue weighted by molar-refractivity contribution is 0.0686. The van der Waals surface area contributed by atoms with Gasteiger partial charge < -0.3 is 44.8 Å². The van der Waals surface area contributed by atoms with Crippen LogP contribution in [0.15, 0.2) is 413 Å². The van der Waals surface area contributed by atoms with Crippen LogP contribution in [-0.2, 0) is 115 Å². The first-order valence-corrected chi connectivity index (χ1v) is 53.8. The zero-order chi connectivity index (χ0) is 106. The maximum Gasteiger partial charge on any atom is 0.335 e. The number of carboxylic acids is 5. The van der Waals surface area contributed by atoms with E-state index in [0.29, 0.717) is 22.8 Å². The summed E-state index contributed by atoms with van der Waals surface area (Å²) in [6.07, 6.45) is 3.42. The first-order chi connectivity index (χ1) is 70.9. The minimum absolute atomic E-state index is 0.0205. The second-order valence-electron chi connectivity index (χ2n) is 34.1. The van der Waals surface area contributed by atoms with Gasteiger partial charge in [-0.15, -0.1) is 0 Å². The van der Waals surface area contributed by atoms with Gasteiger partial charge >= 0.3 is 29.8 Å². The Hall–Kier alpha value is -15.6. The van der Waals surface area contributed by atoms with Crippen molar-refractivity contribution < 1.29 is 111 Å². The number of ether oxygens (including phenoxy) is 3. The molecule has 15 aromatic rings. The van der Waals surface area contributed by atoms with Gasteiger partial charge in [0.25, 0.3) is 0 Å². The summed E-state index contributed by atoms with van der Waals surface area (Å²) in [6, 6.07) is 107. The van der Waals surface area contributed by atoms with Gasteiger partial charge in [0, 0.05) is 64.0 Å². The summed E-state index contributed by atoms with van der Waals surface area (Å²) in [5.41, 5.74) is 10.9. The fourth-order valence-corrected chi connectivity index (χ4v) is 23.6. The number of aromatic hydroxyl groups is 1. The quantitative estimate of drug-likeness (QED) is 0.0209. The summed E-state index contributed by atoms with van der Waals surface area (Å²) in [5, 5.41) is 54.9. The Balaban J connectivity index is 0.000000164. The first-order valence-electron chi connectivity index (χ1n) is 46.6. The minimum atomic E-state index is -3.90. The smallest absolute Gasteiger partial charge is 0.335 e. The van der Waals surface area contributed by atoms with Crippen LogP contribution in [0, 0.1) is 0 Å². The molecule has 0 bridgehead atoms. The van der Waals surface area contributed by atoms with Crippen LogP contribution in [-0.4, -0.2) is 145 Å². The molecule has 0 heterocycles. The number of phenolic OH excluding ortho intramolecular Hbond substituents is 1. The van der Waals surface area contributed by atoms with Crippen LogP contribution in [0.4, 0.5) is 0 Å². The number of benzene rings is 15. The van der Waals surface area contributed by atoms with E-state index in [1.165, 1.54) is 132 Å². The molecule has 29 nitrogen and oxygen atoms in total. The van der Waals surface area contributed by atoms with Crippen molar-refractivity contribution in [2.75, 3.05) is 21.3 Å². The monoisotopic (exact) mass is 2090 g/mol. The van der Waals surface area contributed by atoms with Crippen LogP contribution in [0.25, 0.3) is 0 Å². The molecule has 0 aromatic heterocycles. The predicted molar refractivity (Wildman–Crippen MR) is 561 cm³/mol. The number of nitrogens with zero attached hydrogens (tertiary/aromatic N) is 5. The summed E-state index contributed by atoms with van der Waals surface area (Å²) < 4.78 is 157. The van der Waals surface area contributed by atoms with Crippen molar-refractivity contribution in [3.05, 3.63) is 483 Å². The summed E-state index contributed by atoms with van der Waals surface area (Å²) in [4.78, 5) is 56.1. The number of phenols is 1. The molecule has 766 valence electrons. The maximum absolute atomic E-state index is 13.8. The molecule has 0 aliphatic heterocycles. The Morgan fingerprint density at radius 3 is 1.05 bits per heavy atom. The number of aryl methyl sites for hydroxylation is 2. The summed E-state index contributed by atoms with van der Waals surface area (Å²) in [6.45, 7) is 5.10. The number of hydrogen-bond acceptors (Lipinski definition) is 19. The van der Waals surface area contributed by atoms with E-state index >= 15 is 0 Å². The molecular formula is C114H111N5O24S5. The van der Waals surface area contributed by atoms with Crippen molar-refractivity contribution in [2.24, 2.45) is 0 Å². The fraction of sp³-hybridized carbons (Fsp3) is 0.167. The molecule has 0 spiro atoms. The van der Waals surface area contributed by atoms with Crippen molar-refractivity contribution in [3.63, 3.8) is 0 Å². The normalized spacial score (nSPS) is 12.6. The van der Waals surface area contributed by atoms with E-state index in [-0.39, 0.29) is 116 Å². The number of aromatic carboxylic acids is 5. The molecule has 2 unspecified atom stereocenters. The Bertz CT molecular complexity index is 7620. The number of methoxy groups -OCH3 is 3. The molecule has 2 atom stereocenters. The highest BCUT2D eigenvalue weighted by molar-refractivity contribution is 7.90. The molecule has 1 aliphatic carbocycles. The third-order valence-corrected chi connectivity index (χ3v) is 33.4. The highest BCUT2D eigenvalue weighted by Gasteiger charge is 2.37. The van der Waals surface area contributed by atoms with Crippen molar-refractivity contribution >= 4 is 80.0 Å². The van der Waals surface area contributed by atoms with Gasteiger partial charge in [0.15, 0.2) is 0 Å². The van der Waals surface area contributed by atoms with E-state index in [0.717, 1.165) is 81.3 Å². The summed E-state index contributed by atoms with van der Waals surface area (Å²) >= 11 is 0. The SMILES string of the molecule is CCc1cccc(CN(Cc2ccc(C(=O)O)cc2)S(=O)(=O)c2ccccc2)c1.COc1ccc(CN(C(C)c2ccccc2)S(=O)(=O)c2ccc(C(=O)O)cc2)cc1.COc1ccc(CN(C2CCCc3ccccc32)S(=O)(=O)c2ccc(C(=O)O)cc2)cc1.COc1ccccc1CN(Cc1ccc(C(=O)O)cc1)S(=O)(=O)c1ccccc1.O=C(O)c1ccc(S(=O)(=O)N(Cc2ccccc2)Cc2ccc(O)cc2)cc1. The number of hydrogen-bond donors (Lipinski definition) is 6. The van der Waals surface area contributed by atoms with Crippen LogP contribution in [0.2, 0.25) is 0 Å². The second-order valence-corrected chi connectivity index (χ2v) is 43.7. The number of rotatable bonds is 38. The van der Waals surface area contributed by atoms with Gasteiger partial charge in [0.05, 0.1) is 79.7 Å². The van der Waals surface area contributed by atoms with Crippen LogP contribution < -0.4 is 14.2 Å². The molecule has 0 fully saturated rings. The van der Waals surface area contributed by atoms with Crippen LogP contribution in [0.1, 0.15) is 157 Å². The average molecular weight is 2100 g/mol. The van der Waals surface area contributed by atoms with Crippen molar-refractivity contribution in [1.29, 1.82) is 0 Å². The maximum atomic E-state index is 13.8. The standard InChI is InChI=1S/C25H25NO5S.C23H23NO5S.C23H23NO4S.C22H21NO5S.C21H19NO5S/c1-31-21-13-9-18(10-14-21)17-26(24-8-4-6-19-5-2-3-7-23(19)24)32(29,30)22-15-11-20(12-16-22)25(27)28;1-17(19-6-4-3-5-7-19)24(16-18-8-12-21(29-2)13-9-18)30(27,28)22-14-10-20(11-15-22)23(25)26;1-2-18-7-6-8-20(15-18)17-24(29(27,28)22-9-4-3-5-10-22)16-19-11-13-21(14-12-19)23(25)26;1-28-21-10-6-5-7-19(21)16-23(29(26,27)20-8-3-2-4-9-20)15-17-11-13-18(14-12-17)22(24)25;23-19-10-6-17(7-11-19)15-22(14-16-4-2-1-3-5-16)28(26,27)20-12-8-18(9-13-20)21(24)25/h2-3,5,7,9-16,24H,4,6,8,17H2,1H3,(H,27,28);3-15,17H,16H2,1-2H3,(H,25,26);3-15H,2,16-17H2,1H3,(H,25,26);2-14H,15-16H2,1H3,(H,24,25);1-13,23H,14-15H2,(H,24,25). The molecule has 1 aliphatic rings. The molecule has 15 aromatic carbocycles. The Morgan fingerprint density at radius 2 is 0.628 bits per heavy atom. The highest BCUT2D eigenvalue weighted by atomic mass is 32.2. The Morgan fingerprint density at radius 1 is 0.311 bits per heavy atom. The van der Waals surface area contributed by atoms with Gasteiger partial charge in [-0.05, 0) is 258 Å². The molecule has 0 amide bonds. The van der Waals surface area contributed by atoms with Crippen LogP contribution in [0.5, 0.6) is 23.0 Å². The van der Waals surface area contributed by atoms with E-state index in [1.807, 2.05) is 165 Å². The van der Waals surface area contributed by atoms with Gasteiger partial charge in [-0.1, -0.05) is 231 Å². The van der Waals surface area contributed by atoms with E-state index in [1.54, 1.807) is 141 Å². The molecule has 0 saturated carbocycles. The van der Waals surface area contributed by atoms with Gasteiger partial charge in [0.1, 0.15) is 23.0 Å². The number of carboxylic acid groups (broad SMARTS) is 5. The van der Waals surface area contributed by atoms with E-state index in [9.17, 15) is 71.2 Å². The zero-order valence-corrected chi connectivity index (χ0v) is 85.5. The first kappa shape index (κ1) is 111. The van der Waals surface area contributed by atoms with Gasteiger partial charge in [-0.3, -0.25) is 0 Å². The number of fused-ring (bicyclic) bond motifs is 1. The van der Waals surface area contributed by atoms with E-state index in [2.05, 4.69) is 13.0 Å². The molecule has 0 radical (unpaired) electrons. The number of carbonyl (C=O) groups is 5. The van der Waals surface area contributed by atoms with Crippen molar-refractivity contribution in [2.45, 2.75) is 128 Å². The third kappa shape index (κ3) is 29.9. The average Bonchev–Trinajstić information content (AvgIpc) is 0.762. The van der Waals surface area contributed by atoms with Gasteiger partial charge in [-0.25, -0.2) is 66.1 Å². The number of sulfonamides is 5. The van der Waals surface area contributed by atoms with E-state index in [4.69, 9.17) is 39.7 Å². The van der Waals surface area contributed by atoms with E-state index < -0.39 is 86.0 Å². The molecule has 16 rings (SSSR count). The molecule has 0 saturated heterocycles. The molecule has 6 N–H and O–H groups in total. The van der Waals surface area contributed by atoms with Crippen LogP contribution >= 0.6 is 0 Å². The van der Waals surface area contributed by atoms with Gasteiger partial charge in [0.2, 0.25) is 50.1 Å². The highest BCUT2D eigenvalue weighted by Crippen LogP contribution is 2.40. The molecule has 148 heavy (non-hydrogen) atoms. The molecule has 34 heteroatoms. The van der Waals surface area contributed by atoms with Gasteiger partial charge in [-0.2, -0.15) is 21.5 Å². The Kier molecular flexibility index (Phi) is 39.0. The lowest BCUT2D eigenvalue weighted by Gasteiger charge is -2.35. The summed E-state index contributed by atoms with van der Waals surface area (Å²) in [7, 11) is -14.5. The third-order valence-electron chi connectivity index (χ3n) is 24.2. The van der Waals surface area contributed by atoms with Crippen LogP contribution in [0.3, 0.4) is 0 Å².